The van der Waals surface area contributed by atoms with Gasteiger partial charge in [0.2, 0.25) is 0 Å². The Morgan fingerprint density at radius 1 is 1.17 bits per heavy atom. The minimum absolute atomic E-state index is 0.156. The molecular formula is C19H31NO3. The summed E-state index contributed by atoms with van der Waals surface area (Å²) in [5.74, 6) is -0.156. The summed E-state index contributed by atoms with van der Waals surface area (Å²) >= 11 is 0. The largest absolute Gasteiger partial charge is 0.466 e. The van der Waals surface area contributed by atoms with E-state index in [0.717, 1.165) is 29.8 Å². The van der Waals surface area contributed by atoms with Crippen LogP contribution >= 0.6 is 0 Å². The first-order chi connectivity index (χ1) is 10.9. The summed E-state index contributed by atoms with van der Waals surface area (Å²) in [6.45, 7) is 12.8. The number of carbonyl (C=O) groups is 1. The molecule has 0 aromatic heterocycles. The molecule has 130 valence electrons. The lowest BCUT2D eigenvalue weighted by Gasteiger charge is -2.23. The van der Waals surface area contributed by atoms with E-state index in [1.165, 1.54) is 5.56 Å². The Hall–Kier alpha value is -1.39. The Balaban J connectivity index is 2.57. The van der Waals surface area contributed by atoms with E-state index in [0.29, 0.717) is 26.0 Å². The van der Waals surface area contributed by atoms with Crippen molar-refractivity contribution in [3.05, 3.63) is 34.4 Å². The second-order valence-corrected chi connectivity index (χ2v) is 6.11. The molecule has 0 saturated heterocycles. The van der Waals surface area contributed by atoms with Gasteiger partial charge in [0.05, 0.1) is 19.1 Å². The molecule has 1 aromatic carbocycles. The van der Waals surface area contributed by atoms with Crippen LogP contribution in [0, 0.1) is 20.8 Å². The Labute approximate surface area is 140 Å². The average molecular weight is 321 g/mol. The van der Waals surface area contributed by atoms with Crippen molar-refractivity contribution in [2.24, 2.45) is 0 Å². The van der Waals surface area contributed by atoms with Crippen LogP contribution in [-0.4, -0.2) is 42.2 Å². The molecule has 0 spiro atoms. The van der Waals surface area contributed by atoms with Gasteiger partial charge in [0.15, 0.2) is 0 Å². The van der Waals surface area contributed by atoms with E-state index in [1.807, 2.05) is 6.92 Å². The fourth-order valence-electron chi connectivity index (χ4n) is 3.08. The molecule has 1 aromatic rings. The SMILES string of the molecule is CCOC(=O)CCN(CC)CCC(O)c1c(C)cc(C)cc1C. The maximum Gasteiger partial charge on any atom is 0.307 e. The van der Waals surface area contributed by atoms with Crippen LogP contribution in [0.25, 0.3) is 0 Å². The second-order valence-electron chi connectivity index (χ2n) is 6.11. The Bertz CT molecular complexity index is 490. The highest BCUT2D eigenvalue weighted by Crippen LogP contribution is 2.26. The molecule has 0 bridgehead atoms. The minimum Gasteiger partial charge on any atom is -0.466 e. The van der Waals surface area contributed by atoms with Crippen molar-refractivity contribution >= 4 is 5.97 Å². The van der Waals surface area contributed by atoms with Crippen molar-refractivity contribution in [3.63, 3.8) is 0 Å². The first-order valence-corrected chi connectivity index (χ1v) is 8.52. The molecular weight excluding hydrogens is 290 g/mol. The molecule has 4 nitrogen and oxygen atoms in total. The third kappa shape index (κ3) is 6.32. The number of hydrogen-bond acceptors (Lipinski definition) is 4. The van der Waals surface area contributed by atoms with Crippen molar-refractivity contribution in [3.8, 4) is 0 Å². The van der Waals surface area contributed by atoms with Crippen LogP contribution in [0.4, 0.5) is 0 Å². The van der Waals surface area contributed by atoms with Gasteiger partial charge in [0.25, 0.3) is 0 Å². The van der Waals surface area contributed by atoms with Gasteiger partial charge in [0, 0.05) is 13.1 Å². The molecule has 1 unspecified atom stereocenters. The molecule has 0 amide bonds. The van der Waals surface area contributed by atoms with Crippen LogP contribution < -0.4 is 0 Å². The summed E-state index contributed by atoms with van der Waals surface area (Å²) < 4.78 is 4.96. The zero-order chi connectivity index (χ0) is 17.4. The van der Waals surface area contributed by atoms with E-state index >= 15 is 0 Å². The Morgan fingerprint density at radius 3 is 2.30 bits per heavy atom. The number of rotatable bonds is 9. The predicted molar refractivity (Wildman–Crippen MR) is 93.6 cm³/mol. The van der Waals surface area contributed by atoms with Crippen LogP contribution in [0.15, 0.2) is 12.1 Å². The number of aryl methyl sites for hydroxylation is 3. The zero-order valence-corrected chi connectivity index (χ0v) is 15.2. The van der Waals surface area contributed by atoms with Crippen molar-refractivity contribution in [1.82, 2.24) is 4.90 Å². The maximum absolute atomic E-state index is 11.4. The number of ether oxygens (including phenoxy) is 1. The first-order valence-electron chi connectivity index (χ1n) is 8.52. The maximum atomic E-state index is 11.4. The van der Waals surface area contributed by atoms with Gasteiger partial charge >= 0.3 is 5.97 Å². The smallest absolute Gasteiger partial charge is 0.307 e. The van der Waals surface area contributed by atoms with Gasteiger partial charge in [-0.05, 0) is 57.4 Å². The molecule has 1 atom stereocenters. The average Bonchev–Trinajstić information content (AvgIpc) is 2.46. The van der Waals surface area contributed by atoms with E-state index < -0.39 is 6.10 Å². The Kier molecular flexibility index (Phi) is 8.28. The third-order valence-corrected chi connectivity index (χ3v) is 4.17. The monoisotopic (exact) mass is 321 g/mol. The standard InChI is InChI=1S/C19H31NO3/c1-6-20(11-9-18(22)23-7-2)10-8-17(21)19-15(4)12-14(3)13-16(19)5/h12-13,17,21H,6-11H2,1-5H3. The van der Waals surface area contributed by atoms with Gasteiger partial charge in [-0.3, -0.25) is 4.79 Å². The van der Waals surface area contributed by atoms with Crippen molar-refractivity contribution in [2.45, 2.75) is 53.6 Å². The quantitative estimate of drug-likeness (QED) is 0.709. The lowest BCUT2D eigenvalue weighted by atomic mass is 9.94. The first kappa shape index (κ1) is 19.7. The van der Waals surface area contributed by atoms with Crippen LogP contribution in [-0.2, 0) is 9.53 Å². The van der Waals surface area contributed by atoms with Crippen molar-refractivity contribution in [2.75, 3.05) is 26.2 Å². The molecule has 0 radical (unpaired) electrons. The van der Waals surface area contributed by atoms with Gasteiger partial charge in [-0.15, -0.1) is 0 Å². The highest BCUT2D eigenvalue weighted by atomic mass is 16.5. The summed E-state index contributed by atoms with van der Waals surface area (Å²) in [5, 5.41) is 10.6. The van der Waals surface area contributed by atoms with Gasteiger partial charge < -0.3 is 14.7 Å². The topological polar surface area (TPSA) is 49.8 Å². The van der Waals surface area contributed by atoms with Gasteiger partial charge in [-0.2, -0.15) is 0 Å². The number of hydrogen-bond donors (Lipinski definition) is 1. The number of esters is 1. The lowest BCUT2D eigenvalue weighted by molar-refractivity contribution is -0.143. The highest BCUT2D eigenvalue weighted by Gasteiger charge is 2.15. The van der Waals surface area contributed by atoms with Crippen LogP contribution in [0.3, 0.4) is 0 Å². The lowest BCUT2D eigenvalue weighted by Crippen LogP contribution is -2.29. The van der Waals surface area contributed by atoms with E-state index in [4.69, 9.17) is 4.74 Å². The molecule has 1 N–H and O–H groups in total. The van der Waals surface area contributed by atoms with Gasteiger partial charge in [-0.25, -0.2) is 0 Å². The summed E-state index contributed by atoms with van der Waals surface area (Å²) in [7, 11) is 0. The van der Waals surface area contributed by atoms with Gasteiger partial charge in [0.1, 0.15) is 0 Å². The molecule has 0 aliphatic heterocycles. The molecule has 0 fully saturated rings. The van der Waals surface area contributed by atoms with Crippen LogP contribution in [0.1, 0.15) is 55.0 Å². The van der Waals surface area contributed by atoms with E-state index in [-0.39, 0.29) is 5.97 Å². The minimum atomic E-state index is -0.466. The van der Waals surface area contributed by atoms with Crippen molar-refractivity contribution in [1.29, 1.82) is 0 Å². The summed E-state index contributed by atoms with van der Waals surface area (Å²) in [6, 6.07) is 4.23. The van der Waals surface area contributed by atoms with Crippen LogP contribution in [0.5, 0.6) is 0 Å². The predicted octanol–water partition coefficient (Wildman–Crippen LogP) is 3.31. The third-order valence-electron chi connectivity index (χ3n) is 4.17. The van der Waals surface area contributed by atoms with E-state index in [1.54, 1.807) is 0 Å². The van der Waals surface area contributed by atoms with E-state index in [9.17, 15) is 9.90 Å². The Morgan fingerprint density at radius 2 is 1.78 bits per heavy atom. The number of aliphatic hydroxyl groups is 1. The molecule has 0 heterocycles. The molecule has 23 heavy (non-hydrogen) atoms. The second kappa shape index (κ2) is 9.68. The number of carbonyl (C=O) groups excluding carboxylic acids is 1. The summed E-state index contributed by atoms with van der Waals surface area (Å²) in [6.07, 6.45) is 0.606. The van der Waals surface area contributed by atoms with E-state index in [2.05, 4.69) is 44.7 Å². The number of nitrogens with zero attached hydrogens (tertiary/aromatic N) is 1. The highest BCUT2D eigenvalue weighted by molar-refractivity contribution is 5.69. The molecule has 4 heteroatoms. The molecule has 0 aliphatic rings. The fraction of sp³-hybridized carbons (Fsp3) is 0.632. The van der Waals surface area contributed by atoms with Crippen LogP contribution in [0.2, 0.25) is 0 Å². The number of benzene rings is 1. The zero-order valence-electron chi connectivity index (χ0n) is 15.2. The molecule has 0 aliphatic carbocycles. The number of aliphatic hydroxyl groups excluding tert-OH is 1. The van der Waals surface area contributed by atoms with Gasteiger partial charge in [-0.1, -0.05) is 24.6 Å². The molecule has 1 rings (SSSR count). The summed E-state index contributed by atoms with van der Waals surface area (Å²) in [4.78, 5) is 13.6. The molecule has 0 saturated carbocycles. The summed E-state index contributed by atoms with van der Waals surface area (Å²) in [5.41, 5.74) is 4.55. The normalized spacial score (nSPS) is 12.5. The fourth-order valence-corrected chi connectivity index (χ4v) is 3.08. The van der Waals surface area contributed by atoms with Crippen molar-refractivity contribution < 1.29 is 14.6 Å².